The molecule has 1 aromatic carbocycles. The first-order chi connectivity index (χ1) is 9.20. The second kappa shape index (κ2) is 6.43. The van der Waals surface area contributed by atoms with Gasteiger partial charge < -0.3 is 19.9 Å². The van der Waals surface area contributed by atoms with E-state index >= 15 is 0 Å². The van der Waals surface area contributed by atoms with Crippen molar-refractivity contribution in [2.45, 2.75) is 32.0 Å². The Morgan fingerprint density at radius 2 is 2.26 bits per heavy atom. The second-order valence-corrected chi connectivity index (χ2v) is 4.47. The first-order valence-electron chi connectivity index (χ1n) is 6.54. The molecule has 1 heterocycles. The minimum atomic E-state index is -0.878. The van der Waals surface area contributed by atoms with Gasteiger partial charge in [-0.1, -0.05) is 12.1 Å². The molecule has 5 heteroatoms. The number of rotatable bonds is 6. The molecule has 0 aromatic heterocycles. The van der Waals surface area contributed by atoms with Crippen molar-refractivity contribution < 1.29 is 19.4 Å². The Bertz CT molecular complexity index is 435. The van der Waals surface area contributed by atoms with Crippen LogP contribution in [0.2, 0.25) is 0 Å². The average Bonchev–Trinajstić information content (AvgIpc) is 2.87. The quantitative estimate of drug-likeness (QED) is 0.824. The van der Waals surface area contributed by atoms with E-state index in [1.54, 1.807) is 0 Å². The van der Waals surface area contributed by atoms with Gasteiger partial charge in [0.15, 0.2) is 6.10 Å². The Morgan fingerprint density at radius 3 is 2.95 bits per heavy atom. The van der Waals surface area contributed by atoms with E-state index < -0.39 is 12.1 Å². The Morgan fingerprint density at radius 1 is 1.47 bits per heavy atom. The summed E-state index contributed by atoms with van der Waals surface area (Å²) in [6, 6.07) is 7.69. The van der Waals surface area contributed by atoms with Gasteiger partial charge in [0.1, 0.15) is 5.75 Å². The van der Waals surface area contributed by atoms with Crippen LogP contribution in [0, 0.1) is 0 Å². The fourth-order valence-electron chi connectivity index (χ4n) is 2.16. The van der Waals surface area contributed by atoms with Gasteiger partial charge in [-0.25, -0.2) is 4.79 Å². The highest BCUT2D eigenvalue weighted by Crippen LogP contribution is 2.25. The Kier molecular flexibility index (Phi) is 4.63. The lowest BCUT2D eigenvalue weighted by atomic mass is 10.2. The highest BCUT2D eigenvalue weighted by Gasteiger charge is 2.30. The van der Waals surface area contributed by atoms with Crippen molar-refractivity contribution in [1.82, 2.24) is 0 Å². The van der Waals surface area contributed by atoms with Crippen molar-refractivity contribution in [2.75, 3.05) is 18.5 Å². The van der Waals surface area contributed by atoms with Gasteiger partial charge in [-0.2, -0.15) is 0 Å². The van der Waals surface area contributed by atoms with E-state index in [1.807, 2.05) is 31.2 Å². The van der Waals surface area contributed by atoms with Gasteiger partial charge in [-0.3, -0.25) is 0 Å². The zero-order valence-corrected chi connectivity index (χ0v) is 11.0. The first-order valence-corrected chi connectivity index (χ1v) is 6.54. The molecular weight excluding hydrogens is 246 g/mol. The largest absolute Gasteiger partial charge is 0.492 e. The Hall–Kier alpha value is -1.75. The van der Waals surface area contributed by atoms with Crippen molar-refractivity contribution in [1.29, 1.82) is 0 Å². The fourth-order valence-corrected chi connectivity index (χ4v) is 2.16. The number of carboxylic acid groups (broad SMARTS) is 1. The summed E-state index contributed by atoms with van der Waals surface area (Å²) in [5, 5.41) is 12.1. The van der Waals surface area contributed by atoms with E-state index in [-0.39, 0.29) is 6.10 Å². The number of nitrogens with one attached hydrogen (secondary N) is 1. The Labute approximate surface area is 112 Å². The molecule has 1 aliphatic heterocycles. The number of carbonyl (C=O) groups is 1. The highest BCUT2D eigenvalue weighted by atomic mass is 16.5. The minimum Gasteiger partial charge on any atom is -0.492 e. The number of para-hydroxylation sites is 2. The van der Waals surface area contributed by atoms with Crippen molar-refractivity contribution >= 4 is 11.7 Å². The van der Waals surface area contributed by atoms with Crippen LogP contribution in [0.1, 0.15) is 19.8 Å². The minimum absolute atomic E-state index is 0.0595. The molecule has 19 heavy (non-hydrogen) atoms. The standard InChI is InChI=1S/C14H19NO4/c1-2-18-12-6-4-3-5-11(12)15-9-10-7-8-13(19-10)14(16)17/h3-6,10,13,15H,2,7-9H2,1H3,(H,16,17). The fraction of sp³-hybridized carbons (Fsp3) is 0.500. The molecule has 0 radical (unpaired) electrons. The number of anilines is 1. The van der Waals surface area contributed by atoms with Gasteiger partial charge in [-0.05, 0) is 31.9 Å². The number of hydrogen-bond donors (Lipinski definition) is 2. The summed E-state index contributed by atoms with van der Waals surface area (Å²) in [6.07, 6.45) is 0.625. The number of carboxylic acids is 1. The number of hydrogen-bond acceptors (Lipinski definition) is 4. The molecular formula is C14H19NO4. The molecule has 1 saturated heterocycles. The highest BCUT2D eigenvalue weighted by molar-refractivity contribution is 5.72. The molecule has 0 spiro atoms. The van der Waals surface area contributed by atoms with Gasteiger partial charge in [0, 0.05) is 6.54 Å². The summed E-state index contributed by atoms with van der Waals surface area (Å²) < 4.78 is 11.0. The zero-order valence-electron chi connectivity index (χ0n) is 11.0. The van der Waals surface area contributed by atoms with Crippen molar-refractivity contribution in [3.63, 3.8) is 0 Å². The van der Waals surface area contributed by atoms with Crippen LogP contribution in [0.3, 0.4) is 0 Å². The smallest absolute Gasteiger partial charge is 0.332 e. The lowest BCUT2D eigenvalue weighted by Gasteiger charge is -2.15. The third-order valence-corrected chi connectivity index (χ3v) is 3.09. The van der Waals surface area contributed by atoms with Crippen LogP contribution in [0.15, 0.2) is 24.3 Å². The van der Waals surface area contributed by atoms with Gasteiger partial charge in [0.05, 0.1) is 18.4 Å². The van der Waals surface area contributed by atoms with Crippen LogP contribution in [-0.2, 0) is 9.53 Å². The molecule has 0 aliphatic carbocycles. The molecule has 0 amide bonds. The van der Waals surface area contributed by atoms with Gasteiger partial charge in [-0.15, -0.1) is 0 Å². The molecule has 0 bridgehead atoms. The van der Waals surface area contributed by atoms with E-state index in [0.29, 0.717) is 19.6 Å². The van der Waals surface area contributed by atoms with E-state index in [0.717, 1.165) is 17.9 Å². The zero-order chi connectivity index (χ0) is 13.7. The summed E-state index contributed by atoms with van der Waals surface area (Å²) in [6.45, 7) is 3.14. The predicted octanol–water partition coefficient (Wildman–Crippen LogP) is 2.13. The van der Waals surface area contributed by atoms with Gasteiger partial charge in [0.25, 0.3) is 0 Å². The summed E-state index contributed by atoms with van der Waals surface area (Å²) in [5.74, 6) is -0.0741. The molecule has 1 aromatic rings. The van der Waals surface area contributed by atoms with Crippen LogP contribution >= 0.6 is 0 Å². The van der Waals surface area contributed by atoms with Crippen LogP contribution < -0.4 is 10.1 Å². The monoisotopic (exact) mass is 265 g/mol. The summed E-state index contributed by atoms with van der Waals surface area (Å²) in [5.41, 5.74) is 0.909. The lowest BCUT2D eigenvalue weighted by molar-refractivity contribution is -0.149. The molecule has 2 atom stereocenters. The van der Waals surface area contributed by atoms with Crippen molar-refractivity contribution in [3.8, 4) is 5.75 Å². The van der Waals surface area contributed by atoms with Crippen LogP contribution in [0.5, 0.6) is 5.75 Å². The van der Waals surface area contributed by atoms with E-state index in [9.17, 15) is 4.79 Å². The molecule has 0 saturated carbocycles. The van der Waals surface area contributed by atoms with Crippen LogP contribution in [0.4, 0.5) is 5.69 Å². The molecule has 5 nitrogen and oxygen atoms in total. The average molecular weight is 265 g/mol. The maximum atomic E-state index is 10.8. The van der Waals surface area contributed by atoms with Gasteiger partial charge >= 0.3 is 5.97 Å². The van der Waals surface area contributed by atoms with Crippen molar-refractivity contribution in [2.24, 2.45) is 0 Å². The molecule has 2 unspecified atom stereocenters. The molecule has 2 rings (SSSR count). The maximum absolute atomic E-state index is 10.8. The summed E-state index contributed by atoms with van der Waals surface area (Å²) in [4.78, 5) is 10.8. The SMILES string of the molecule is CCOc1ccccc1NCC1CCC(C(=O)O)O1. The summed E-state index contributed by atoms with van der Waals surface area (Å²) in [7, 11) is 0. The summed E-state index contributed by atoms with van der Waals surface area (Å²) >= 11 is 0. The Balaban J connectivity index is 1.87. The molecule has 1 aliphatic rings. The third-order valence-electron chi connectivity index (χ3n) is 3.09. The lowest BCUT2D eigenvalue weighted by Crippen LogP contribution is -2.24. The molecule has 1 fully saturated rings. The normalized spacial score (nSPS) is 22.2. The third kappa shape index (κ3) is 3.61. The molecule has 2 N–H and O–H groups in total. The second-order valence-electron chi connectivity index (χ2n) is 4.47. The van der Waals surface area contributed by atoms with E-state index in [1.165, 1.54) is 0 Å². The number of benzene rings is 1. The van der Waals surface area contributed by atoms with E-state index in [4.69, 9.17) is 14.6 Å². The van der Waals surface area contributed by atoms with Crippen LogP contribution in [-0.4, -0.2) is 36.4 Å². The first kappa shape index (κ1) is 13.7. The predicted molar refractivity (Wildman–Crippen MR) is 71.6 cm³/mol. The van der Waals surface area contributed by atoms with Crippen LogP contribution in [0.25, 0.3) is 0 Å². The topological polar surface area (TPSA) is 67.8 Å². The molecule has 104 valence electrons. The maximum Gasteiger partial charge on any atom is 0.332 e. The number of aliphatic carboxylic acids is 1. The van der Waals surface area contributed by atoms with E-state index in [2.05, 4.69) is 5.32 Å². The van der Waals surface area contributed by atoms with Gasteiger partial charge in [0.2, 0.25) is 0 Å². The number of ether oxygens (including phenoxy) is 2. The van der Waals surface area contributed by atoms with Crippen molar-refractivity contribution in [3.05, 3.63) is 24.3 Å².